The minimum Gasteiger partial charge on any atom is -0.486 e. The van der Waals surface area contributed by atoms with Crippen LogP contribution in [0.1, 0.15) is 19.9 Å². The summed E-state index contributed by atoms with van der Waals surface area (Å²) in [6, 6.07) is 12.0. The highest BCUT2D eigenvalue weighted by Crippen LogP contribution is 2.31. The zero-order chi connectivity index (χ0) is 19.9. The maximum atomic E-state index is 12.7. The Morgan fingerprint density at radius 2 is 1.96 bits per heavy atom. The van der Waals surface area contributed by atoms with E-state index < -0.39 is 16.1 Å². The second-order valence-electron chi connectivity index (χ2n) is 6.81. The summed E-state index contributed by atoms with van der Waals surface area (Å²) in [5, 5.41) is 0. The zero-order valence-corrected chi connectivity index (χ0v) is 17.0. The highest BCUT2D eigenvalue weighted by atomic mass is 32.2. The van der Waals surface area contributed by atoms with Crippen LogP contribution in [0.3, 0.4) is 0 Å². The number of hydrogen-bond donors (Lipinski definition) is 1. The third-order valence-corrected chi connectivity index (χ3v) is 6.82. The number of nitrogens with one attached hydrogen (secondary N) is 1. The molecule has 3 aromatic rings. The van der Waals surface area contributed by atoms with Gasteiger partial charge in [-0.05, 0) is 44.2 Å². The van der Waals surface area contributed by atoms with Gasteiger partial charge in [0.05, 0.1) is 21.7 Å². The van der Waals surface area contributed by atoms with Gasteiger partial charge >= 0.3 is 4.87 Å². The summed E-state index contributed by atoms with van der Waals surface area (Å²) in [6.45, 7) is 4.18. The number of rotatable bonds is 5. The number of thiazole rings is 1. The fourth-order valence-electron chi connectivity index (χ4n) is 3.12. The number of aromatic nitrogens is 1. The first kappa shape index (κ1) is 19.0. The van der Waals surface area contributed by atoms with E-state index in [4.69, 9.17) is 9.47 Å². The Balaban J connectivity index is 1.52. The van der Waals surface area contributed by atoms with Crippen molar-refractivity contribution in [2.24, 2.45) is 0 Å². The van der Waals surface area contributed by atoms with Gasteiger partial charge in [-0.3, -0.25) is 9.36 Å². The molecule has 7 nitrogen and oxygen atoms in total. The van der Waals surface area contributed by atoms with Crippen molar-refractivity contribution in [3.63, 3.8) is 0 Å². The van der Waals surface area contributed by atoms with Crippen LogP contribution in [0, 0.1) is 0 Å². The molecule has 2 heterocycles. The molecule has 0 aliphatic carbocycles. The third kappa shape index (κ3) is 3.52. The van der Waals surface area contributed by atoms with Gasteiger partial charge in [-0.25, -0.2) is 13.1 Å². The van der Waals surface area contributed by atoms with E-state index in [9.17, 15) is 13.2 Å². The fourth-order valence-corrected chi connectivity index (χ4v) is 5.34. The highest BCUT2D eigenvalue weighted by molar-refractivity contribution is 7.89. The van der Waals surface area contributed by atoms with E-state index in [0.717, 1.165) is 16.9 Å². The predicted molar refractivity (Wildman–Crippen MR) is 108 cm³/mol. The van der Waals surface area contributed by atoms with Gasteiger partial charge in [-0.2, -0.15) is 0 Å². The molecule has 148 valence electrons. The molecule has 0 fully saturated rings. The molecular formula is C19H20N2O5S2. The average molecular weight is 421 g/mol. The average Bonchev–Trinajstić information content (AvgIpc) is 3.01. The first-order valence-corrected chi connectivity index (χ1v) is 11.2. The predicted octanol–water partition coefficient (Wildman–Crippen LogP) is 2.76. The van der Waals surface area contributed by atoms with E-state index in [1.165, 1.54) is 12.1 Å². The normalized spacial score (nSPS) is 16.6. The maximum Gasteiger partial charge on any atom is 0.308 e. The van der Waals surface area contributed by atoms with Crippen LogP contribution in [0.2, 0.25) is 0 Å². The minimum atomic E-state index is -3.74. The van der Waals surface area contributed by atoms with Crippen molar-refractivity contribution in [1.29, 1.82) is 0 Å². The fraction of sp³-hybridized carbons (Fsp3) is 0.316. The molecule has 0 spiro atoms. The Kier molecular flexibility index (Phi) is 4.90. The largest absolute Gasteiger partial charge is 0.486 e. The van der Waals surface area contributed by atoms with E-state index in [2.05, 4.69) is 4.72 Å². The second-order valence-corrected chi connectivity index (χ2v) is 9.57. The summed E-state index contributed by atoms with van der Waals surface area (Å²) in [6.07, 6.45) is -0.425. The molecule has 0 amide bonds. The molecule has 1 aliphatic rings. The van der Waals surface area contributed by atoms with Gasteiger partial charge in [0.25, 0.3) is 0 Å². The van der Waals surface area contributed by atoms with Crippen LogP contribution in [0.15, 0.2) is 52.2 Å². The van der Waals surface area contributed by atoms with Crippen LogP contribution in [-0.4, -0.2) is 32.2 Å². The molecule has 1 aliphatic heterocycles. The summed E-state index contributed by atoms with van der Waals surface area (Å²) in [4.78, 5) is 12.2. The van der Waals surface area contributed by atoms with Crippen LogP contribution < -0.4 is 19.1 Å². The lowest BCUT2D eigenvalue weighted by Crippen LogP contribution is -2.40. The van der Waals surface area contributed by atoms with Crippen LogP contribution in [0.4, 0.5) is 0 Å². The molecule has 9 heteroatoms. The molecule has 1 aromatic heterocycles. The standard InChI is InChI=1S/C19H20N2O5S2/c1-12(2)21-15-8-7-14(9-18(15)27-19(21)22)28(23,24)20-10-13-11-25-16-5-3-4-6-17(16)26-13/h3-9,12-13,20H,10-11H2,1-2H3/t13-/m1/s1. The number of fused-ring (bicyclic) bond motifs is 2. The molecule has 0 radical (unpaired) electrons. The molecule has 2 aromatic carbocycles. The summed E-state index contributed by atoms with van der Waals surface area (Å²) in [5.41, 5.74) is 0.740. The zero-order valence-electron chi connectivity index (χ0n) is 15.4. The van der Waals surface area contributed by atoms with Crippen LogP contribution in [0.25, 0.3) is 10.2 Å². The molecule has 0 unspecified atom stereocenters. The number of nitrogens with zero attached hydrogens (tertiary/aromatic N) is 1. The van der Waals surface area contributed by atoms with E-state index >= 15 is 0 Å². The van der Waals surface area contributed by atoms with Gasteiger partial charge in [-0.1, -0.05) is 23.5 Å². The second kappa shape index (κ2) is 7.23. The quantitative estimate of drug-likeness (QED) is 0.686. The van der Waals surface area contributed by atoms with Crippen molar-refractivity contribution in [3.05, 3.63) is 52.1 Å². The van der Waals surface area contributed by atoms with Gasteiger partial charge in [-0.15, -0.1) is 0 Å². The Labute approximate surface area is 166 Å². The molecule has 4 rings (SSSR count). The Morgan fingerprint density at radius 3 is 2.71 bits per heavy atom. The molecule has 0 saturated carbocycles. The summed E-state index contributed by atoms with van der Waals surface area (Å²) in [7, 11) is -3.74. The molecular weight excluding hydrogens is 400 g/mol. The van der Waals surface area contributed by atoms with Crippen molar-refractivity contribution in [1.82, 2.24) is 9.29 Å². The Morgan fingerprint density at radius 1 is 1.21 bits per heavy atom. The Bertz CT molecular complexity index is 1180. The van der Waals surface area contributed by atoms with Crippen molar-refractivity contribution in [2.45, 2.75) is 30.9 Å². The van der Waals surface area contributed by atoms with Gasteiger partial charge in [0.15, 0.2) is 11.5 Å². The van der Waals surface area contributed by atoms with Gasteiger partial charge < -0.3 is 9.47 Å². The first-order chi connectivity index (χ1) is 13.3. The summed E-state index contributed by atoms with van der Waals surface area (Å²) < 4.78 is 41.7. The maximum absolute atomic E-state index is 12.7. The number of benzene rings is 2. The van der Waals surface area contributed by atoms with Crippen LogP contribution in [-0.2, 0) is 10.0 Å². The summed E-state index contributed by atoms with van der Waals surface area (Å²) in [5.74, 6) is 1.25. The lowest BCUT2D eigenvalue weighted by atomic mass is 10.2. The lowest BCUT2D eigenvalue weighted by Gasteiger charge is -2.26. The molecule has 28 heavy (non-hydrogen) atoms. The van der Waals surface area contributed by atoms with Crippen molar-refractivity contribution in [3.8, 4) is 11.5 Å². The Hall–Kier alpha value is -2.36. The van der Waals surface area contributed by atoms with E-state index in [1.807, 2.05) is 26.0 Å². The van der Waals surface area contributed by atoms with E-state index in [0.29, 0.717) is 16.2 Å². The smallest absolute Gasteiger partial charge is 0.308 e. The van der Waals surface area contributed by atoms with Gasteiger partial charge in [0, 0.05) is 6.04 Å². The topological polar surface area (TPSA) is 86.6 Å². The number of hydrogen-bond acceptors (Lipinski definition) is 6. The van der Waals surface area contributed by atoms with Crippen LogP contribution >= 0.6 is 11.3 Å². The van der Waals surface area contributed by atoms with Gasteiger partial charge in [0.2, 0.25) is 10.0 Å². The molecule has 0 bridgehead atoms. The van der Waals surface area contributed by atoms with Crippen LogP contribution in [0.5, 0.6) is 11.5 Å². The molecule has 1 atom stereocenters. The third-order valence-electron chi connectivity index (χ3n) is 4.48. The van der Waals surface area contributed by atoms with E-state index in [-0.39, 0.29) is 29.0 Å². The van der Waals surface area contributed by atoms with Crippen molar-refractivity contribution >= 4 is 31.6 Å². The number of ether oxygens (including phenoxy) is 2. The number of sulfonamides is 1. The first-order valence-electron chi connectivity index (χ1n) is 8.88. The highest BCUT2D eigenvalue weighted by Gasteiger charge is 2.24. The van der Waals surface area contributed by atoms with Gasteiger partial charge in [0.1, 0.15) is 12.7 Å². The minimum absolute atomic E-state index is 0.00756. The number of para-hydroxylation sites is 2. The van der Waals surface area contributed by atoms with Crippen molar-refractivity contribution < 1.29 is 17.9 Å². The lowest BCUT2D eigenvalue weighted by molar-refractivity contribution is 0.0943. The van der Waals surface area contributed by atoms with Crippen molar-refractivity contribution in [2.75, 3.05) is 13.2 Å². The summed E-state index contributed by atoms with van der Waals surface area (Å²) >= 11 is 1.05. The molecule has 0 saturated heterocycles. The molecule has 1 N–H and O–H groups in total. The monoisotopic (exact) mass is 420 g/mol. The van der Waals surface area contributed by atoms with E-state index in [1.54, 1.807) is 22.8 Å². The SMILES string of the molecule is CC(C)n1c(=O)sc2cc(S(=O)(=O)NC[C@@H]3COc4ccccc4O3)ccc21.